The highest BCUT2D eigenvalue weighted by molar-refractivity contribution is 5.80. The molecule has 2 amide bonds. The molecule has 0 aromatic rings. The molecule has 5 nitrogen and oxygen atoms in total. The van der Waals surface area contributed by atoms with Crippen molar-refractivity contribution in [2.24, 2.45) is 5.73 Å². The number of nitrogens with two attached hydrogens (primary N) is 1. The average Bonchev–Trinajstić information content (AvgIpc) is 1.81. The van der Waals surface area contributed by atoms with Gasteiger partial charge in [-0.1, -0.05) is 0 Å². The SMILES string of the molecule is CC(C)(C)NC(=O)CNCC(N)=O. The zero-order valence-electron chi connectivity index (χ0n) is 8.31. The van der Waals surface area contributed by atoms with Gasteiger partial charge in [0.05, 0.1) is 13.1 Å². The fourth-order valence-corrected chi connectivity index (χ4v) is 0.762. The number of hydrogen-bond donors (Lipinski definition) is 3. The van der Waals surface area contributed by atoms with Crippen LogP contribution in [-0.2, 0) is 9.59 Å². The highest BCUT2D eigenvalue weighted by Gasteiger charge is 2.12. The third-order valence-corrected chi connectivity index (χ3v) is 1.10. The van der Waals surface area contributed by atoms with E-state index in [0.29, 0.717) is 0 Å². The first-order valence-electron chi connectivity index (χ1n) is 4.11. The molecule has 0 unspecified atom stereocenters. The molecule has 76 valence electrons. The van der Waals surface area contributed by atoms with E-state index in [1.807, 2.05) is 20.8 Å². The van der Waals surface area contributed by atoms with Crippen LogP contribution in [0.1, 0.15) is 20.8 Å². The first-order chi connectivity index (χ1) is 5.81. The van der Waals surface area contributed by atoms with Gasteiger partial charge >= 0.3 is 0 Å². The lowest BCUT2D eigenvalue weighted by Crippen LogP contribution is -2.45. The van der Waals surface area contributed by atoms with Gasteiger partial charge in [0, 0.05) is 5.54 Å². The van der Waals surface area contributed by atoms with Crippen molar-refractivity contribution < 1.29 is 9.59 Å². The molecular weight excluding hydrogens is 170 g/mol. The molecule has 4 N–H and O–H groups in total. The summed E-state index contributed by atoms with van der Waals surface area (Å²) in [6.07, 6.45) is 0. The Kier molecular flexibility index (Phi) is 4.40. The Morgan fingerprint density at radius 3 is 2.15 bits per heavy atom. The van der Waals surface area contributed by atoms with Crippen LogP contribution in [0.25, 0.3) is 0 Å². The van der Waals surface area contributed by atoms with Crippen LogP contribution < -0.4 is 16.4 Å². The summed E-state index contributed by atoms with van der Waals surface area (Å²) in [5.74, 6) is -0.614. The molecule has 0 rings (SSSR count). The maximum absolute atomic E-state index is 11.1. The molecule has 0 bridgehead atoms. The van der Waals surface area contributed by atoms with Crippen LogP contribution in [0.4, 0.5) is 0 Å². The topological polar surface area (TPSA) is 84.2 Å². The van der Waals surface area contributed by atoms with Crippen LogP contribution >= 0.6 is 0 Å². The quantitative estimate of drug-likeness (QED) is 0.526. The molecule has 0 fully saturated rings. The second kappa shape index (κ2) is 4.81. The number of primary amides is 1. The Morgan fingerprint density at radius 2 is 1.77 bits per heavy atom. The summed E-state index contributed by atoms with van der Waals surface area (Å²) in [5.41, 5.74) is 4.63. The van der Waals surface area contributed by atoms with Gasteiger partial charge in [0.2, 0.25) is 11.8 Å². The maximum Gasteiger partial charge on any atom is 0.234 e. The minimum Gasteiger partial charge on any atom is -0.369 e. The largest absolute Gasteiger partial charge is 0.369 e. The number of rotatable bonds is 4. The molecule has 0 heterocycles. The molecule has 0 radical (unpaired) electrons. The summed E-state index contributed by atoms with van der Waals surface area (Å²) < 4.78 is 0. The summed E-state index contributed by atoms with van der Waals surface area (Å²) in [5, 5.41) is 5.36. The monoisotopic (exact) mass is 187 g/mol. The van der Waals surface area contributed by atoms with Crippen molar-refractivity contribution >= 4 is 11.8 Å². The van der Waals surface area contributed by atoms with E-state index in [1.165, 1.54) is 0 Å². The number of amides is 2. The number of hydrogen-bond acceptors (Lipinski definition) is 3. The lowest BCUT2D eigenvalue weighted by molar-refractivity contribution is -0.121. The smallest absolute Gasteiger partial charge is 0.234 e. The van der Waals surface area contributed by atoms with E-state index in [-0.39, 0.29) is 24.5 Å². The third kappa shape index (κ3) is 8.81. The van der Waals surface area contributed by atoms with Gasteiger partial charge in [0.1, 0.15) is 0 Å². The van der Waals surface area contributed by atoms with Crippen molar-refractivity contribution in [3.63, 3.8) is 0 Å². The van der Waals surface area contributed by atoms with Gasteiger partial charge in [-0.05, 0) is 20.8 Å². The maximum atomic E-state index is 11.1. The Morgan fingerprint density at radius 1 is 1.23 bits per heavy atom. The van der Waals surface area contributed by atoms with Crippen LogP contribution in [0.3, 0.4) is 0 Å². The van der Waals surface area contributed by atoms with Crippen LogP contribution in [0.15, 0.2) is 0 Å². The standard InChI is InChI=1S/C8H17N3O2/c1-8(2,3)11-7(13)5-10-4-6(9)12/h10H,4-5H2,1-3H3,(H2,9,12)(H,11,13). The van der Waals surface area contributed by atoms with E-state index < -0.39 is 5.91 Å². The Bertz CT molecular complexity index is 196. The normalized spacial score (nSPS) is 11.0. The van der Waals surface area contributed by atoms with Gasteiger partial charge in [-0.15, -0.1) is 0 Å². The number of carbonyl (C=O) groups excluding carboxylic acids is 2. The van der Waals surface area contributed by atoms with Gasteiger partial charge in [-0.25, -0.2) is 0 Å². The molecule has 0 aromatic heterocycles. The summed E-state index contributed by atoms with van der Waals surface area (Å²) in [6.45, 7) is 5.80. The number of nitrogens with one attached hydrogen (secondary N) is 2. The molecule has 0 aliphatic carbocycles. The van der Waals surface area contributed by atoms with Gasteiger partial charge in [-0.3, -0.25) is 14.9 Å². The van der Waals surface area contributed by atoms with E-state index >= 15 is 0 Å². The Balaban J connectivity index is 3.59. The van der Waals surface area contributed by atoms with Crippen molar-refractivity contribution in [3.8, 4) is 0 Å². The first kappa shape index (κ1) is 11.9. The van der Waals surface area contributed by atoms with Crippen LogP contribution in [0, 0.1) is 0 Å². The van der Waals surface area contributed by atoms with Crippen LogP contribution in [0.5, 0.6) is 0 Å². The molecule has 0 saturated heterocycles. The highest BCUT2D eigenvalue weighted by Crippen LogP contribution is 1.96. The van der Waals surface area contributed by atoms with Crippen molar-refractivity contribution in [2.45, 2.75) is 26.3 Å². The van der Waals surface area contributed by atoms with Crippen molar-refractivity contribution in [1.29, 1.82) is 0 Å². The Labute approximate surface area is 78.1 Å². The minimum atomic E-state index is -0.469. The average molecular weight is 187 g/mol. The Hall–Kier alpha value is -1.10. The van der Waals surface area contributed by atoms with E-state index in [1.54, 1.807) is 0 Å². The van der Waals surface area contributed by atoms with Gasteiger partial charge in [0.15, 0.2) is 0 Å². The predicted molar refractivity (Wildman–Crippen MR) is 50.0 cm³/mol. The molecule has 0 aliphatic rings. The lowest BCUT2D eigenvalue weighted by atomic mass is 10.1. The molecule has 0 spiro atoms. The van der Waals surface area contributed by atoms with Crippen molar-refractivity contribution in [2.75, 3.05) is 13.1 Å². The summed E-state index contributed by atoms with van der Waals surface area (Å²) in [4.78, 5) is 21.4. The lowest BCUT2D eigenvalue weighted by Gasteiger charge is -2.20. The van der Waals surface area contributed by atoms with Gasteiger partial charge in [-0.2, -0.15) is 0 Å². The summed E-state index contributed by atoms with van der Waals surface area (Å²) in [6, 6.07) is 0. The van der Waals surface area contributed by atoms with Crippen molar-refractivity contribution in [1.82, 2.24) is 10.6 Å². The summed E-state index contributed by atoms with van der Waals surface area (Å²) >= 11 is 0. The zero-order chi connectivity index (χ0) is 10.5. The molecule has 0 atom stereocenters. The van der Waals surface area contributed by atoms with E-state index in [2.05, 4.69) is 10.6 Å². The van der Waals surface area contributed by atoms with E-state index in [9.17, 15) is 9.59 Å². The first-order valence-corrected chi connectivity index (χ1v) is 4.11. The molecule has 0 aliphatic heterocycles. The molecule has 5 heteroatoms. The second-order valence-electron chi connectivity index (χ2n) is 3.87. The van der Waals surface area contributed by atoms with Gasteiger partial charge < -0.3 is 11.1 Å². The molecular formula is C8H17N3O2. The fourth-order valence-electron chi connectivity index (χ4n) is 0.762. The van der Waals surface area contributed by atoms with E-state index in [4.69, 9.17) is 5.73 Å². The van der Waals surface area contributed by atoms with Crippen LogP contribution in [-0.4, -0.2) is 30.4 Å². The highest BCUT2D eigenvalue weighted by atomic mass is 16.2. The second-order valence-corrected chi connectivity index (χ2v) is 3.87. The van der Waals surface area contributed by atoms with Crippen LogP contribution in [0.2, 0.25) is 0 Å². The fraction of sp³-hybridized carbons (Fsp3) is 0.750. The van der Waals surface area contributed by atoms with Gasteiger partial charge in [0.25, 0.3) is 0 Å². The summed E-state index contributed by atoms with van der Waals surface area (Å²) in [7, 11) is 0. The number of carbonyl (C=O) groups is 2. The zero-order valence-corrected chi connectivity index (χ0v) is 8.31. The molecule has 13 heavy (non-hydrogen) atoms. The van der Waals surface area contributed by atoms with Crippen molar-refractivity contribution in [3.05, 3.63) is 0 Å². The minimum absolute atomic E-state index is 0.0254. The predicted octanol–water partition coefficient (Wildman–Crippen LogP) is -1.02. The molecule has 0 saturated carbocycles. The third-order valence-electron chi connectivity index (χ3n) is 1.10. The van der Waals surface area contributed by atoms with E-state index in [0.717, 1.165) is 0 Å². The molecule has 0 aromatic carbocycles.